The highest BCUT2D eigenvalue weighted by Gasteiger charge is 2.51. The Balaban J connectivity index is 1.28. The van der Waals surface area contributed by atoms with Crippen LogP contribution in [0.15, 0.2) is 72.8 Å². The summed E-state index contributed by atoms with van der Waals surface area (Å²) in [6.45, 7) is 2.88. The summed E-state index contributed by atoms with van der Waals surface area (Å²) in [4.78, 5) is 0. The summed E-state index contributed by atoms with van der Waals surface area (Å²) in [7, 11) is 1.64. The third-order valence-corrected chi connectivity index (χ3v) is 6.79. The normalized spacial score (nSPS) is 20.2. The van der Waals surface area contributed by atoms with Crippen molar-refractivity contribution in [2.75, 3.05) is 13.7 Å². The summed E-state index contributed by atoms with van der Waals surface area (Å²) in [5.74, 6) is 2.68. The molecule has 33 heavy (non-hydrogen) atoms. The van der Waals surface area contributed by atoms with Crippen molar-refractivity contribution >= 4 is 10.8 Å². The van der Waals surface area contributed by atoms with E-state index < -0.39 is 5.60 Å². The molecule has 2 aliphatic rings. The van der Waals surface area contributed by atoms with Crippen LogP contribution in [0.2, 0.25) is 0 Å². The fourth-order valence-corrected chi connectivity index (χ4v) is 4.95. The van der Waals surface area contributed by atoms with Crippen LogP contribution in [0.3, 0.4) is 0 Å². The van der Waals surface area contributed by atoms with Gasteiger partial charge in [-0.2, -0.15) is 0 Å². The topological polar surface area (TPSA) is 57.2 Å². The number of hydrogen-bond donors (Lipinski definition) is 1. The number of methoxy groups -OCH3 is 1. The van der Waals surface area contributed by atoms with Crippen molar-refractivity contribution in [1.29, 1.82) is 0 Å². The van der Waals surface area contributed by atoms with Crippen molar-refractivity contribution in [3.8, 4) is 28.7 Å². The number of hydrogen-bond acceptors (Lipinski definition) is 5. The maximum atomic E-state index is 10.7. The van der Waals surface area contributed by atoms with E-state index in [2.05, 4.69) is 31.2 Å². The second-order valence-corrected chi connectivity index (χ2v) is 8.76. The van der Waals surface area contributed by atoms with Crippen LogP contribution in [0.1, 0.15) is 29.5 Å². The first-order valence-corrected chi connectivity index (χ1v) is 11.0. The number of fused-ring (bicyclic) bond motifs is 6. The highest BCUT2D eigenvalue weighted by molar-refractivity contribution is 5.83. The molecule has 5 heteroatoms. The zero-order valence-corrected chi connectivity index (χ0v) is 18.5. The van der Waals surface area contributed by atoms with E-state index in [0.717, 1.165) is 33.6 Å². The van der Waals surface area contributed by atoms with E-state index in [1.165, 1.54) is 5.39 Å². The molecule has 0 aromatic heterocycles. The number of ether oxygens (including phenoxy) is 4. The van der Waals surface area contributed by atoms with Crippen LogP contribution in [-0.2, 0) is 12.2 Å². The van der Waals surface area contributed by atoms with Crippen LogP contribution in [-0.4, -0.2) is 18.8 Å². The van der Waals surface area contributed by atoms with E-state index in [-0.39, 0.29) is 11.7 Å². The average molecular weight is 440 g/mol. The van der Waals surface area contributed by atoms with E-state index in [0.29, 0.717) is 24.7 Å². The van der Waals surface area contributed by atoms with Gasteiger partial charge in [-0.05, 0) is 47.5 Å². The van der Waals surface area contributed by atoms with Crippen LogP contribution < -0.4 is 18.9 Å². The molecule has 0 amide bonds. The Kier molecular flexibility index (Phi) is 4.40. The third kappa shape index (κ3) is 3.15. The van der Waals surface area contributed by atoms with Crippen LogP contribution in [0.25, 0.3) is 10.8 Å². The first kappa shape index (κ1) is 19.8. The molecule has 0 radical (unpaired) electrons. The molecule has 5 nitrogen and oxygen atoms in total. The van der Waals surface area contributed by atoms with Gasteiger partial charge in [0.25, 0.3) is 0 Å². The first-order chi connectivity index (χ1) is 16.0. The minimum absolute atomic E-state index is 0.0335. The van der Waals surface area contributed by atoms with Gasteiger partial charge < -0.3 is 24.1 Å². The van der Waals surface area contributed by atoms with Crippen molar-refractivity contribution in [3.63, 3.8) is 0 Å². The van der Waals surface area contributed by atoms with E-state index in [4.69, 9.17) is 18.9 Å². The van der Waals surface area contributed by atoms with Gasteiger partial charge in [-0.25, -0.2) is 0 Å². The number of phenols is 1. The number of phenolic OH excluding ortho intramolecular Hbond substituents is 1. The summed E-state index contributed by atoms with van der Waals surface area (Å²) in [6.07, 6.45) is 0. The summed E-state index contributed by atoms with van der Waals surface area (Å²) in [5, 5.41) is 13.1. The zero-order chi connectivity index (χ0) is 22.6. The second kappa shape index (κ2) is 7.34. The monoisotopic (exact) mass is 440 g/mol. The molecule has 2 unspecified atom stereocenters. The summed E-state index contributed by atoms with van der Waals surface area (Å²) >= 11 is 0. The highest BCUT2D eigenvalue weighted by atomic mass is 16.5. The molecule has 2 heterocycles. The molecule has 166 valence electrons. The molecule has 0 fully saturated rings. The lowest BCUT2D eigenvalue weighted by Crippen LogP contribution is -2.38. The quantitative estimate of drug-likeness (QED) is 0.427. The summed E-state index contributed by atoms with van der Waals surface area (Å²) < 4.78 is 23.9. The van der Waals surface area contributed by atoms with Crippen LogP contribution >= 0.6 is 0 Å². The fraction of sp³-hybridized carbons (Fsp3) is 0.214. The fourth-order valence-electron chi connectivity index (χ4n) is 4.95. The minimum atomic E-state index is -0.592. The SMILES string of the molecule is COc1ccc2c(c1)OCC1c3cc(O)c(OCc4ccc5ccccc5c4)cc3OC21C. The Hall–Kier alpha value is -3.86. The Labute approximate surface area is 192 Å². The molecule has 0 aliphatic carbocycles. The van der Waals surface area contributed by atoms with Crippen molar-refractivity contribution in [2.24, 2.45) is 0 Å². The molecule has 0 saturated carbocycles. The molecule has 0 spiro atoms. The van der Waals surface area contributed by atoms with E-state index in [1.807, 2.05) is 36.4 Å². The maximum Gasteiger partial charge on any atom is 0.165 e. The van der Waals surface area contributed by atoms with E-state index in [9.17, 15) is 5.11 Å². The smallest absolute Gasteiger partial charge is 0.165 e. The van der Waals surface area contributed by atoms with Crippen LogP contribution in [0.4, 0.5) is 0 Å². The Morgan fingerprint density at radius 2 is 1.82 bits per heavy atom. The summed E-state index contributed by atoms with van der Waals surface area (Å²) in [6, 6.07) is 23.8. The largest absolute Gasteiger partial charge is 0.504 e. The van der Waals surface area contributed by atoms with Gasteiger partial charge in [0.15, 0.2) is 11.5 Å². The van der Waals surface area contributed by atoms with Crippen molar-refractivity contribution in [3.05, 3.63) is 89.5 Å². The van der Waals surface area contributed by atoms with Crippen LogP contribution in [0, 0.1) is 0 Å². The van der Waals surface area contributed by atoms with Gasteiger partial charge in [0.1, 0.15) is 29.5 Å². The van der Waals surface area contributed by atoms with Gasteiger partial charge in [-0.1, -0.05) is 36.4 Å². The number of benzene rings is 4. The Morgan fingerprint density at radius 1 is 0.970 bits per heavy atom. The molecular formula is C28H24O5. The minimum Gasteiger partial charge on any atom is -0.504 e. The van der Waals surface area contributed by atoms with Crippen molar-refractivity contribution in [1.82, 2.24) is 0 Å². The number of rotatable bonds is 4. The highest BCUT2D eigenvalue weighted by Crippen LogP contribution is 2.57. The standard InChI is InChI=1S/C28H24O5/c1-28-22-10-9-20(30-2)12-26(22)32-16-23(28)21-13-24(29)27(14-25(21)33-28)31-15-17-7-8-18-5-3-4-6-19(18)11-17/h3-14,23,29H,15-16H2,1-2H3. The predicted molar refractivity (Wildman–Crippen MR) is 126 cm³/mol. The van der Waals surface area contributed by atoms with Gasteiger partial charge in [0, 0.05) is 23.3 Å². The Morgan fingerprint density at radius 3 is 2.67 bits per heavy atom. The maximum absolute atomic E-state index is 10.7. The lowest BCUT2D eigenvalue weighted by Gasteiger charge is -2.37. The van der Waals surface area contributed by atoms with Crippen LogP contribution in [0.5, 0.6) is 28.7 Å². The average Bonchev–Trinajstić information content (AvgIpc) is 3.13. The lowest BCUT2D eigenvalue weighted by molar-refractivity contribution is 0.0432. The van der Waals surface area contributed by atoms with Gasteiger partial charge in [0.2, 0.25) is 0 Å². The van der Waals surface area contributed by atoms with Gasteiger partial charge in [-0.15, -0.1) is 0 Å². The summed E-state index contributed by atoms with van der Waals surface area (Å²) in [5.41, 5.74) is 2.33. The zero-order valence-electron chi connectivity index (χ0n) is 18.5. The molecule has 2 aliphatic heterocycles. The second-order valence-electron chi connectivity index (χ2n) is 8.76. The van der Waals surface area contributed by atoms with Gasteiger partial charge in [0.05, 0.1) is 19.6 Å². The molecule has 1 N–H and O–H groups in total. The van der Waals surface area contributed by atoms with Crippen molar-refractivity contribution in [2.45, 2.75) is 25.0 Å². The third-order valence-electron chi connectivity index (χ3n) is 6.79. The predicted octanol–water partition coefficient (Wildman–Crippen LogP) is 5.92. The molecule has 4 aromatic rings. The lowest BCUT2D eigenvalue weighted by atomic mass is 9.79. The number of aromatic hydroxyl groups is 1. The van der Waals surface area contributed by atoms with Gasteiger partial charge >= 0.3 is 0 Å². The molecule has 4 aromatic carbocycles. The van der Waals surface area contributed by atoms with Gasteiger partial charge in [-0.3, -0.25) is 0 Å². The Bertz CT molecular complexity index is 1380. The molecule has 0 bridgehead atoms. The van der Waals surface area contributed by atoms with Crippen molar-refractivity contribution < 1.29 is 24.1 Å². The molecule has 6 rings (SSSR count). The molecule has 0 saturated heterocycles. The molecule has 2 atom stereocenters. The van der Waals surface area contributed by atoms with E-state index in [1.54, 1.807) is 19.2 Å². The first-order valence-electron chi connectivity index (χ1n) is 11.0. The van der Waals surface area contributed by atoms with E-state index >= 15 is 0 Å². The molecular weight excluding hydrogens is 416 g/mol.